The van der Waals surface area contributed by atoms with E-state index < -0.39 is 5.82 Å². The van der Waals surface area contributed by atoms with Crippen LogP contribution in [0.2, 0.25) is 0 Å². The van der Waals surface area contributed by atoms with E-state index in [0.717, 1.165) is 38.8 Å². The summed E-state index contributed by atoms with van der Waals surface area (Å²) < 4.78 is 13.8. The molecule has 0 saturated carbocycles. The second-order valence-corrected chi connectivity index (χ2v) is 4.47. The van der Waals surface area contributed by atoms with Crippen LogP contribution in [0.3, 0.4) is 0 Å². The quantitative estimate of drug-likeness (QED) is 0.528. The zero-order chi connectivity index (χ0) is 15.0. The third-order valence-electron chi connectivity index (χ3n) is 3.33. The van der Waals surface area contributed by atoms with Gasteiger partial charge in [-0.2, -0.15) is 4.98 Å². The zero-order valence-electron chi connectivity index (χ0n) is 12.6. The van der Waals surface area contributed by atoms with Gasteiger partial charge in [-0.05, 0) is 33.0 Å². The molecule has 0 aromatic carbocycles. The minimum atomic E-state index is -0.423. The Morgan fingerprint density at radius 2 is 1.90 bits per heavy atom. The molecule has 0 unspecified atom stereocenters. The molecule has 1 aromatic rings. The minimum absolute atomic E-state index is 0.226. The van der Waals surface area contributed by atoms with Crippen molar-refractivity contribution in [1.29, 1.82) is 0 Å². The highest BCUT2D eigenvalue weighted by Gasteiger charge is 2.13. The topological polar surface area (TPSA) is 70.3 Å². The lowest BCUT2D eigenvalue weighted by molar-refractivity contribution is 0.300. The average Bonchev–Trinajstić information content (AvgIpc) is 2.49. The number of anilines is 2. The molecule has 0 spiro atoms. The van der Waals surface area contributed by atoms with Gasteiger partial charge in [0.25, 0.3) is 0 Å². The van der Waals surface area contributed by atoms with Gasteiger partial charge in [0, 0.05) is 13.1 Å². The lowest BCUT2D eigenvalue weighted by Gasteiger charge is -2.24. The molecule has 0 atom stereocenters. The standard InChI is InChI=1S/C13H25FN6/c1-4-19(5-2)8-7-9-20(6-3)12-11(14)10-16-13(17-12)18-15/h10H,4-9,15H2,1-3H3,(H,16,17,18). The number of nitrogen functional groups attached to an aromatic ring is 1. The summed E-state index contributed by atoms with van der Waals surface area (Å²) in [6.07, 6.45) is 2.11. The summed E-state index contributed by atoms with van der Waals surface area (Å²) in [5, 5.41) is 0. The maximum absolute atomic E-state index is 13.8. The van der Waals surface area contributed by atoms with Crippen LogP contribution in [0, 0.1) is 5.82 Å². The van der Waals surface area contributed by atoms with Gasteiger partial charge >= 0.3 is 0 Å². The summed E-state index contributed by atoms with van der Waals surface area (Å²) in [6, 6.07) is 0. The van der Waals surface area contributed by atoms with Crippen LogP contribution in [0.5, 0.6) is 0 Å². The van der Waals surface area contributed by atoms with E-state index in [1.165, 1.54) is 0 Å². The molecule has 0 amide bonds. The molecule has 114 valence electrons. The minimum Gasteiger partial charge on any atom is -0.354 e. The number of nitrogens with zero attached hydrogens (tertiary/aromatic N) is 4. The molecule has 1 heterocycles. The monoisotopic (exact) mass is 284 g/mol. The van der Waals surface area contributed by atoms with Gasteiger partial charge in [-0.25, -0.2) is 15.2 Å². The van der Waals surface area contributed by atoms with Crippen molar-refractivity contribution in [3.8, 4) is 0 Å². The molecule has 0 bridgehead atoms. The van der Waals surface area contributed by atoms with Crippen LogP contribution < -0.4 is 16.2 Å². The Labute approximate surface area is 120 Å². The summed E-state index contributed by atoms with van der Waals surface area (Å²) in [5.41, 5.74) is 2.34. The Kier molecular flexibility index (Phi) is 7.17. The number of hydrogen-bond acceptors (Lipinski definition) is 6. The molecule has 6 nitrogen and oxygen atoms in total. The molecule has 0 fully saturated rings. The number of hydrogen-bond donors (Lipinski definition) is 2. The number of nitrogens with one attached hydrogen (secondary N) is 1. The normalized spacial score (nSPS) is 10.9. The molecule has 0 aliphatic heterocycles. The highest BCUT2D eigenvalue weighted by atomic mass is 19.1. The first-order chi connectivity index (χ1) is 9.65. The van der Waals surface area contributed by atoms with Crippen molar-refractivity contribution in [2.45, 2.75) is 27.2 Å². The Morgan fingerprint density at radius 3 is 2.45 bits per heavy atom. The second-order valence-electron chi connectivity index (χ2n) is 4.47. The Bertz CT molecular complexity index is 396. The van der Waals surface area contributed by atoms with Gasteiger partial charge in [0.1, 0.15) is 0 Å². The van der Waals surface area contributed by atoms with E-state index in [2.05, 4.69) is 34.1 Å². The van der Waals surface area contributed by atoms with Crippen molar-refractivity contribution < 1.29 is 4.39 Å². The van der Waals surface area contributed by atoms with Crippen molar-refractivity contribution in [1.82, 2.24) is 14.9 Å². The third kappa shape index (κ3) is 4.57. The van der Waals surface area contributed by atoms with Crippen molar-refractivity contribution in [3.63, 3.8) is 0 Å². The van der Waals surface area contributed by atoms with E-state index in [1.54, 1.807) is 0 Å². The molecular formula is C13H25FN6. The summed E-state index contributed by atoms with van der Waals surface area (Å²) >= 11 is 0. The van der Waals surface area contributed by atoms with Gasteiger partial charge in [-0.15, -0.1) is 0 Å². The predicted octanol–water partition coefficient (Wildman–Crippen LogP) is 1.46. The van der Waals surface area contributed by atoms with E-state index in [9.17, 15) is 4.39 Å². The Morgan fingerprint density at radius 1 is 1.20 bits per heavy atom. The van der Waals surface area contributed by atoms with E-state index in [0.29, 0.717) is 12.4 Å². The molecule has 20 heavy (non-hydrogen) atoms. The van der Waals surface area contributed by atoms with Crippen LogP contribution in [-0.2, 0) is 0 Å². The Balaban J connectivity index is 2.66. The molecule has 0 radical (unpaired) electrons. The Hall–Kier alpha value is -1.47. The summed E-state index contributed by atoms with van der Waals surface area (Å²) in [7, 11) is 0. The highest BCUT2D eigenvalue weighted by Crippen LogP contribution is 2.17. The summed E-state index contributed by atoms with van der Waals surface area (Å²) in [6.45, 7) is 10.8. The average molecular weight is 284 g/mol. The summed E-state index contributed by atoms with van der Waals surface area (Å²) in [4.78, 5) is 12.1. The second kappa shape index (κ2) is 8.65. The number of rotatable bonds is 9. The van der Waals surface area contributed by atoms with E-state index in [4.69, 9.17) is 5.84 Å². The van der Waals surface area contributed by atoms with E-state index in [1.807, 2.05) is 11.8 Å². The lowest BCUT2D eigenvalue weighted by Crippen LogP contribution is -2.31. The SMILES string of the molecule is CCN(CC)CCCN(CC)c1nc(NN)ncc1F. The molecular weight excluding hydrogens is 259 g/mol. The van der Waals surface area contributed by atoms with Crippen LogP contribution in [0.4, 0.5) is 16.2 Å². The van der Waals surface area contributed by atoms with Crippen LogP contribution in [-0.4, -0.2) is 47.6 Å². The van der Waals surface area contributed by atoms with Gasteiger partial charge < -0.3 is 9.80 Å². The maximum Gasteiger partial charge on any atom is 0.239 e. The van der Waals surface area contributed by atoms with Crippen molar-refractivity contribution in [2.24, 2.45) is 5.84 Å². The molecule has 1 rings (SSSR count). The van der Waals surface area contributed by atoms with Crippen molar-refractivity contribution in [2.75, 3.05) is 43.0 Å². The zero-order valence-corrected chi connectivity index (χ0v) is 12.6. The maximum atomic E-state index is 13.8. The fraction of sp³-hybridized carbons (Fsp3) is 0.692. The van der Waals surface area contributed by atoms with Crippen LogP contribution >= 0.6 is 0 Å². The lowest BCUT2D eigenvalue weighted by atomic mass is 10.3. The van der Waals surface area contributed by atoms with Gasteiger partial charge in [0.05, 0.1) is 6.20 Å². The summed E-state index contributed by atoms with van der Waals surface area (Å²) in [5.74, 6) is 5.37. The fourth-order valence-electron chi connectivity index (χ4n) is 2.09. The molecule has 7 heteroatoms. The number of aromatic nitrogens is 2. The van der Waals surface area contributed by atoms with Crippen LogP contribution in [0.25, 0.3) is 0 Å². The van der Waals surface area contributed by atoms with Gasteiger partial charge in [-0.1, -0.05) is 13.8 Å². The molecule has 3 N–H and O–H groups in total. The smallest absolute Gasteiger partial charge is 0.239 e. The first kappa shape index (κ1) is 16.6. The molecule has 1 aromatic heterocycles. The van der Waals surface area contributed by atoms with Crippen LogP contribution in [0.1, 0.15) is 27.2 Å². The first-order valence-corrected chi connectivity index (χ1v) is 7.12. The van der Waals surface area contributed by atoms with Crippen molar-refractivity contribution >= 4 is 11.8 Å². The molecule has 0 aliphatic carbocycles. The van der Waals surface area contributed by atoms with Gasteiger partial charge in [0.15, 0.2) is 11.6 Å². The van der Waals surface area contributed by atoms with Crippen LogP contribution in [0.15, 0.2) is 6.20 Å². The molecule has 0 aliphatic rings. The van der Waals surface area contributed by atoms with Crippen molar-refractivity contribution in [3.05, 3.63) is 12.0 Å². The number of hydrazine groups is 1. The van der Waals surface area contributed by atoms with E-state index in [-0.39, 0.29) is 5.95 Å². The first-order valence-electron chi connectivity index (χ1n) is 7.12. The largest absolute Gasteiger partial charge is 0.354 e. The van der Waals surface area contributed by atoms with Gasteiger partial charge in [-0.3, -0.25) is 5.43 Å². The number of nitrogens with two attached hydrogens (primary N) is 1. The fourth-order valence-corrected chi connectivity index (χ4v) is 2.09. The third-order valence-corrected chi connectivity index (χ3v) is 3.33. The highest BCUT2D eigenvalue weighted by molar-refractivity contribution is 5.43. The predicted molar refractivity (Wildman–Crippen MR) is 80.1 cm³/mol. The van der Waals surface area contributed by atoms with E-state index >= 15 is 0 Å². The van der Waals surface area contributed by atoms with Gasteiger partial charge in [0.2, 0.25) is 5.95 Å². The number of halogens is 1. The molecule has 0 saturated heterocycles.